The second-order valence-electron chi connectivity index (χ2n) is 4.89. The third-order valence-corrected chi connectivity index (χ3v) is 3.54. The number of hydrogen-bond donors (Lipinski definition) is 0. The van der Waals surface area contributed by atoms with Gasteiger partial charge in [-0.15, -0.1) is 4.91 Å². The summed E-state index contributed by atoms with van der Waals surface area (Å²) in [6.07, 6.45) is 1.69. The predicted octanol–water partition coefficient (Wildman–Crippen LogP) is 4.12. The number of aromatic nitrogens is 2. The van der Waals surface area contributed by atoms with Gasteiger partial charge in [0.15, 0.2) is 0 Å². The van der Waals surface area contributed by atoms with Crippen LogP contribution in [0.15, 0.2) is 47.8 Å². The van der Waals surface area contributed by atoms with Crippen LogP contribution >= 0.6 is 11.6 Å². The minimum atomic E-state index is 0.277. The number of pyridine rings is 1. The van der Waals surface area contributed by atoms with Crippen molar-refractivity contribution >= 4 is 28.8 Å². The SMILES string of the molecule is CN(C)c1ccc(-c2nc3cc(Cl)ccn3c2N=O)cc1. The summed E-state index contributed by atoms with van der Waals surface area (Å²) in [5, 5.41) is 3.69. The van der Waals surface area contributed by atoms with Crippen LogP contribution in [0.5, 0.6) is 0 Å². The van der Waals surface area contributed by atoms with E-state index in [0.717, 1.165) is 11.3 Å². The van der Waals surface area contributed by atoms with E-state index in [9.17, 15) is 4.91 Å². The van der Waals surface area contributed by atoms with Gasteiger partial charge in [-0.3, -0.25) is 4.40 Å². The van der Waals surface area contributed by atoms with E-state index in [1.807, 2.05) is 43.3 Å². The van der Waals surface area contributed by atoms with Gasteiger partial charge in [0.05, 0.1) is 0 Å². The van der Waals surface area contributed by atoms with Gasteiger partial charge in [-0.1, -0.05) is 23.7 Å². The second kappa shape index (κ2) is 5.18. The molecule has 0 aliphatic heterocycles. The second-order valence-corrected chi connectivity index (χ2v) is 5.33. The van der Waals surface area contributed by atoms with Crippen molar-refractivity contribution in [3.05, 3.63) is 52.5 Å². The molecule has 5 nitrogen and oxygen atoms in total. The van der Waals surface area contributed by atoms with Crippen LogP contribution in [-0.2, 0) is 0 Å². The topological polar surface area (TPSA) is 50.0 Å². The molecule has 0 bridgehead atoms. The molecular weight excluding hydrogens is 288 g/mol. The third-order valence-electron chi connectivity index (χ3n) is 3.31. The van der Waals surface area contributed by atoms with Crippen molar-refractivity contribution in [1.29, 1.82) is 0 Å². The Bertz CT molecular complexity index is 808. The van der Waals surface area contributed by atoms with Crippen molar-refractivity contribution in [2.45, 2.75) is 0 Å². The largest absolute Gasteiger partial charge is 0.378 e. The molecule has 0 aliphatic rings. The van der Waals surface area contributed by atoms with E-state index in [1.165, 1.54) is 0 Å². The van der Waals surface area contributed by atoms with Gasteiger partial charge < -0.3 is 4.90 Å². The molecule has 1 aromatic carbocycles. The molecular formula is C15H13ClN4O. The molecule has 0 aliphatic carbocycles. The van der Waals surface area contributed by atoms with E-state index < -0.39 is 0 Å². The summed E-state index contributed by atoms with van der Waals surface area (Å²) < 4.78 is 1.63. The zero-order valence-electron chi connectivity index (χ0n) is 11.6. The van der Waals surface area contributed by atoms with E-state index in [2.05, 4.69) is 10.2 Å². The lowest BCUT2D eigenvalue weighted by atomic mass is 10.1. The number of halogens is 1. The molecule has 0 saturated carbocycles. The molecule has 0 amide bonds. The van der Waals surface area contributed by atoms with Crippen LogP contribution in [0.3, 0.4) is 0 Å². The van der Waals surface area contributed by atoms with Crippen molar-refractivity contribution in [3.8, 4) is 11.3 Å². The van der Waals surface area contributed by atoms with Crippen LogP contribution in [0.4, 0.5) is 11.5 Å². The Hall–Kier alpha value is -2.40. The summed E-state index contributed by atoms with van der Waals surface area (Å²) >= 11 is 5.96. The fourth-order valence-corrected chi connectivity index (χ4v) is 2.36. The molecule has 0 radical (unpaired) electrons. The fraction of sp³-hybridized carbons (Fsp3) is 0.133. The average Bonchev–Trinajstić information content (AvgIpc) is 2.84. The standard InChI is InChI=1S/C15H13ClN4O/c1-19(2)12-5-3-10(4-6-12)14-15(18-21)20-8-7-11(16)9-13(20)17-14/h3-9H,1-2H3. The van der Waals surface area contributed by atoms with Crippen molar-refractivity contribution in [1.82, 2.24) is 9.38 Å². The highest BCUT2D eigenvalue weighted by molar-refractivity contribution is 6.30. The van der Waals surface area contributed by atoms with Gasteiger partial charge in [0, 0.05) is 42.6 Å². The number of imidazole rings is 1. The van der Waals surface area contributed by atoms with Gasteiger partial charge >= 0.3 is 0 Å². The molecule has 0 saturated heterocycles. The maximum absolute atomic E-state index is 11.2. The normalized spacial score (nSPS) is 10.8. The van der Waals surface area contributed by atoms with Crippen molar-refractivity contribution < 1.29 is 0 Å². The number of fused-ring (bicyclic) bond motifs is 1. The molecule has 0 unspecified atom stereocenters. The van der Waals surface area contributed by atoms with Crippen LogP contribution in [0.25, 0.3) is 16.9 Å². The number of nitroso groups, excluding NO2 is 1. The number of benzene rings is 1. The summed E-state index contributed by atoms with van der Waals surface area (Å²) in [4.78, 5) is 17.7. The number of hydrogen-bond acceptors (Lipinski definition) is 4. The molecule has 0 fully saturated rings. The quantitative estimate of drug-likeness (QED) is 0.684. The number of rotatable bonds is 3. The Morgan fingerprint density at radius 2 is 1.90 bits per heavy atom. The molecule has 6 heteroatoms. The molecule has 2 aromatic heterocycles. The molecule has 3 rings (SSSR count). The molecule has 106 valence electrons. The van der Waals surface area contributed by atoms with Crippen LogP contribution < -0.4 is 4.90 Å². The van der Waals surface area contributed by atoms with Gasteiger partial charge in [0.25, 0.3) is 0 Å². The van der Waals surface area contributed by atoms with Gasteiger partial charge in [-0.2, -0.15) is 0 Å². The summed E-state index contributed by atoms with van der Waals surface area (Å²) in [5.74, 6) is 0.277. The zero-order chi connectivity index (χ0) is 15.0. The van der Waals surface area contributed by atoms with E-state index >= 15 is 0 Å². The summed E-state index contributed by atoms with van der Waals surface area (Å²) in [7, 11) is 3.95. The van der Waals surface area contributed by atoms with Crippen molar-refractivity contribution in [3.63, 3.8) is 0 Å². The Morgan fingerprint density at radius 1 is 1.19 bits per heavy atom. The van der Waals surface area contributed by atoms with E-state index in [1.54, 1.807) is 22.7 Å². The minimum Gasteiger partial charge on any atom is -0.378 e. The Labute approximate surface area is 126 Å². The first-order valence-corrected chi connectivity index (χ1v) is 6.76. The van der Waals surface area contributed by atoms with Crippen LogP contribution in [0.2, 0.25) is 5.02 Å². The lowest BCUT2D eigenvalue weighted by molar-refractivity contribution is 1.13. The zero-order valence-corrected chi connectivity index (χ0v) is 12.4. The lowest BCUT2D eigenvalue weighted by Gasteiger charge is -2.12. The van der Waals surface area contributed by atoms with Gasteiger partial charge in [0.1, 0.15) is 11.3 Å². The van der Waals surface area contributed by atoms with Crippen molar-refractivity contribution in [2.75, 3.05) is 19.0 Å². The maximum atomic E-state index is 11.2. The highest BCUT2D eigenvalue weighted by Crippen LogP contribution is 2.32. The number of anilines is 1. The minimum absolute atomic E-state index is 0.277. The van der Waals surface area contributed by atoms with E-state index in [-0.39, 0.29) is 5.82 Å². The van der Waals surface area contributed by atoms with Crippen LogP contribution in [0.1, 0.15) is 0 Å². The first-order chi connectivity index (χ1) is 10.1. The smallest absolute Gasteiger partial charge is 0.209 e. The summed E-state index contributed by atoms with van der Waals surface area (Å²) in [6.45, 7) is 0. The third kappa shape index (κ3) is 2.36. The lowest BCUT2D eigenvalue weighted by Crippen LogP contribution is -2.07. The highest BCUT2D eigenvalue weighted by atomic mass is 35.5. The first kappa shape index (κ1) is 13.6. The summed E-state index contributed by atoms with van der Waals surface area (Å²) in [6, 6.07) is 11.2. The Morgan fingerprint density at radius 3 is 2.52 bits per heavy atom. The fourth-order valence-electron chi connectivity index (χ4n) is 2.21. The maximum Gasteiger partial charge on any atom is 0.209 e. The van der Waals surface area contributed by atoms with Gasteiger partial charge in [-0.25, -0.2) is 4.98 Å². The molecule has 21 heavy (non-hydrogen) atoms. The van der Waals surface area contributed by atoms with E-state index in [4.69, 9.17) is 11.6 Å². The molecule has 3 aromatic rings. The van der Waals surface area contributed by atoms with Crippen LogP contribution in [-0.4, -0.2) is 23.5 Å². The molecule has 0 N–H and O–H groups in total. The van der Waals surface area contributed by atoms with Gasteiger partial charge in [0.2, 0.25) is 5.82 Å². The number of nitrogens with zero attached hydrogens (tertiary/aromatic N) is 4. The van der Waals surface area contributed by atoms with Crippen LogP contribution in [0, 0.1) is 4.91 Å². The monoisotopic (exact) mass is 300 g/mol. The molecule has 0 spiro atoms. The van der Waals surface area contributed by atoms with Crippen molar-refractivity contribution in [2.24, 2.45) is 5.18 Å². The average molecular weight is 301 g/mol. The molecule has 0 atom stereocenters. The summed E-state index contributed by atoms with van der Waals surface area (Å²) in [5.41, 5.74) is 3.07. The Balaban J connectivity index is 2.17. The first-order valence-electron chi connectivity index (χ1n) is 6.39. The Kier molecular flexibility index (Phi) is 3.35. The molecule has 2 heterocycles. The van der Waals surface area contributed by atoms with Gasteiger partial charge in [-0.05, 0) is 23.4 Å². The van der Waals surface area contributed by atoms with E-state index in [0.29, 0.717) is 16.4 Å². The highest BCUT2D eigenvalue weighted by Gasteiger charge is 2.15. The predicted molar refractivity (Wildman–Crippen MR) is 85.4 cm³/mol.